The van der Waals surface area contributed by atoms with Crippen LogP contribution < -0.4 is 9.62 Å². The molecule has 8 nitrogen and oxygen atoms in total. The van der Waals surface area contributed by atoms with Crippen molar-refractivity contribution >= 4 is 33.5 Å². The van der Waals surface area contributed by atoms with Crippen molar-refractivity contribution < 1.29 is 18.0 Å². The summed E-state index contributed by atoms with van der Waals surface area (Å²) in [6.07, 6.45) is 6.24. The second-order valence-corrected chi connectivity index (χ2v) is 8.36. The van der Waals surface area contributed by atoms with Gasteiger partial charge in [-0.25, -0.2) is 23.1 Å². The van der Waals surface area contributed by atoms with Gasteiger partial charge in [0, 0.05) is 12.4 Å². The van der Waals surface area contributed by atoms with Gasteiger partial charge in [0.05, 0.1) is 22.4 Å². The van der Waals surface area contributed by atoms with Gasteiger partial charge in [0.25, 0.3) is 10.0 Å². The van der Waals surface area contributed by atoms with Gasteiger partial charge in [0.15, 0.2) is 0 Å². The van der Waals surface area contributed by atoms with Crippen molar-refractivity contribution in [1.29, 1.82) is 0 Å². The Morgan fingerprint density at radius 1 is 0.926 bits per heavy atom. The second kappa shape index (κ2) is 6.73. The number of hydrogen-bond acceptors (Lipinski definition) is 6. The van der Waals surface area contributed by atoms with Crippen molar-refractivity contribution in [3.05, 3.63) is 42.7 Å². The summed E-state index contributed by atoms with van der Waals surface area (Å²) < 4.78 is 27.1. The summed E-state index contributed by atoms with van der Waals surface area (Å²) in [7, 11) is -3.86. The summed E-state index contributed by atoms with van der Waals surface area (Å²) in [4.78, 5) is 34.1. The summed E-state index contributed by atoms with van der Waals surface area (Å²) in [6.45, 7) is 0. The number of anilines is 2. The Kier molecular flexibility index (Phi) is 4.39. The van der Waals surface area contributed by atoms with Gasteiger partial charge < -0.3 is 0 Å². The fourth-order valence-electron chi connectivity index (χ4n) is 3.72. The highest BCUT2D eigenvalue weighted by molar-refractivity contribution is 7.92. The van der Waals surface area contributed by atoms with Crippen molar-refractivity contribution in [1.82, 2.24) is 9.97 Å². The zero-order chi connectivity index (χ0) is 19.0. The lowest BCUT2D eigenvalue weighted by atomic mass is 9.81. The highest BCUT2D eigenvalue weighted by Crippen LogP contribution is 2.40. The molecule has 2 aromatic rings. The maximum atomic E-state index is 12.6. The summed E-state index contributed by atoms with van der Waals surface area (Å²) in [6, 6.07) is 7.27. The van der Waals surface area contributed by atoms with E-state index in [1.165, 1.54) is 41.6 Å². The number of nitrogens with zero attached hydrogens (tertiary/aromatic N) is 3. The number of hydrogen-bond donors (Lipinski definition) is 1. The second-order valence-electron chi connectivity index (χ2n) is 6.68. The number of benzene rings is 1. The summed E-state index contributed by atoms with van der Waals surface area (Å²) in [5.74, 6) is -0.888. The first-order valence-corrected chi connectivity index (χ1v) is 10.2. The number of carbonyl (C=O) groups excluding carboxylic acids is 2. The van der Waals surface area contributed by atoms with Gasteiger partial charge in [-0.15, -0.1) is 0 Å². The zero-order valence-corrected chi connectivity index (χ0v) is 15.2. The molecule has 140 valence electrons. The maximum absolute atomic E-state index is 12.6. The summed E-state index contributed by atoms with van der Waals surface area (Å²) in [5.41, 5.74) is 0.398. The van der Waals surface area contributed by atoms with Gasteiger partial charge >= 0.3 is 0 Å². The Balaban J connectivity index is 1.57. The largest absolute Gasteiger partial charge is 0.274 e. The molecule has 9 heteroatoms. The first-order valence-electron chi connectivity index (χ1n) is 8.75. The molecule has 0 bridgehead atoms. The smallest absolute Gasteiger partial charge is 0.264 e. The maximum Gasteiger partial charge on any atom is 0.264 e. The lowest BCUT2D eigenvalue weighted by Crippen LogP contribution is -2.30. The van der Waals surface area contributed by atoms with Crippen LogP contribution in [0.25, 0.3) is 0 Å². The molecule has 27 heavy (non-hydrogen) atoms. The molecular weight excluding hydrogens is 368 g/mol. The first-order chi connectivity index (χ1) is 13.0. The van der Waals surface area contributed by atoms with E-state index in [2.05, 4.69) is 14.7 Å². The molecular formula is C18H18N4O4S. The average Bonchev–Trinajstić information content (AvgIpc) is 2.93. The zero-order valence-electron chi connectivity index (χ0n) is 14.4. The number of aromatic nitrogens is 2. The van der Waals surface area contributed by atoms with E-state index in [1.54, 1.807) is 6.07 Å². The van der Waals surface area contributed by atoms with Crippen molar-refractivity contribution in [2.45, 2.75) is 30.6 Å². The first kappa shape index (κ1) is 17.6. The van der Waals surface area contributed by atoms with Gasteiger partial charge in [0.1, 0.15) is 0 Å². The molecule has 1 saturated carbocycles. The molecule has 1 aliphatic heterocycles. The van der Waals surface area contributed by atoms with Crippen LogP contribution in [-0.4, -0.2) is 30.2 Å². The predicted octanol–water partition coefficient (Wildman–Crippen LogP) is 1.96. The van der Waals surface area contributed by atoms with Crippen molar-refractivity contribution in [3.63, 3.8) is 0 Å². The van der Waals surface area contributed by atoms with Gasteiger partial charge in [-0.1, -0.05) is 12.8 Å². The molecule has 2 fully saturated rings. The van der Waals surface area contributed by atoms with E-state index in [9.17, 15) is 18.0 Å². The Morgan fingerprint density at radius 3 is 2.04 bits per heavy atom. The molecule has 1 aromatic heterocycles. The van der Waals surface area contributed by atoms with Crippen LogP contribution in [0.2, 0.25) is 0 Å². The van der Waals surface area contributed by atoms with Crippen LogP contribution in [0.5, 0.6) is 0 Å². The van der Waals surface area contributed by atoms with Crippen molar-refractivity contribution in [2.24, 2.45) is 11.8 Å². The molecule has 4 rings (SSSR count). The molecule has 0 radical (unpaired) electrons. The summed E-state index contributed by atoms with van der Waals surface area (Å²) in [5, 5.41) is 0. The molecule has 1 N–H and O–H groups in total. The number of amides is 2. The van der Waals surface area contributed by atoms with E-state index in [1.807, 2.05) is 0 Å². The molecule has 2 aliphatic rings. The van der Waals surface area contributed by atoms with E-state index in [-0.39, 0.29) is 34.5 Å². The molecule has 0 spiro atoms. The predicted molar refractivity (Wildman–Crippen MR) is 97.2 cm³/mol. The van der Waals surface area contributed by atoms with Crippen LogP contribution in [0.4, 0.5) is 11.6 Å². The Bertz CT molecular complexity index is 952. The van der Waals surface area contributed by atoms with Crippen LogP contribution in [0.3, 0.4) is 0 Å². The minimum atomic E-state index is -3.86. The normalized spacial score (nSPS) is 22.6. The average molecular weight is 386 g/mol. The van der Waals surface area contributed by atoms with Crippen LogP contribution >= 0.6 is 0 Å². The lowest BCUT2D eigenvalue weighted by Gasteiger charge is -2.19. The SMILES string of the molecule is O=C1[C@H]2CCCC[C@H]2C(=O)N1c1ccc(S(=O)(=O)Nc2ncccn2)cc1. The molecule has 1 saturated heterocycles. The van der Waals surface area contributed by atoms with Crippen molar-refractivity contribution in [3.8, 4) is 0 Å². The van der Waals surface area contributed by atoms with E-state index < -0.39 is 10.0 Å². The quantitative estimate of drug-likeness (QED) is 0.805. The topological polar surface area (TPSA) is 109 Å². The number of sulfonamides is 1. The van der Waals surface area contributed by atoms with Crippen molar-refractivity contribution in [2.75, 3.05) is 9.62 Å². The van der Waals surface area contributed by atoms with E-state index in [4.69, 9.17) is 0 Å². The van der Waals surface area contributed by atoms with Gasteiger partial charge in [-0.3, -0.25) is 14.5 Å². The summed E-state index contributed by atoms with van der Waals surface area (Å²) >= 11 is 0. The van der Waals surface area contributed by atoms with Crippen LogP contribution in [0.15, 0.2) is 47.6 Å². The molecule has 2 amide bonds. The van der Waals surface area contributed by atoms with E-state index in [0.717, 1.165) is 25.7 Å². The lowest BCUT2D eigenvalue weighted by molar-refractivity contribution is -0.122. The Morgan fingerprint density at radius 2 is 1.48 bits per heavy atom. The molecule has 2 atom stereocenters. The number of carbonyl (C=O) groups is 2. The third-order valence-electron chi connectivity index (χ3n) is 5.04. The monoisotopic (exact) mass is 386 g/mol. The van der Waals surface area contributed by atoms with Crippen LogP contribution in [0, 0.1) is 11.8 Å². The van der Waals surface area contributed by atoms with Crippen LogP contribution in [0.1, 0.15) is 25.7 Å². The third kappa shape index (κ3) is 3.18. The molecule has 0 unspecified atom stereocenters. The van der Waals surface area contributed by atoms with Crippen LogP contribution in [-0.2, 0) is 19.6 Å². The van der Waals surface area contributed by atoms with Gasteiger partial charge in [0.2, 0.25) is 17.8 Å². The van der Waals surface area contributed by atoms with Gasteiger partial charge in [-0.05, 0) is 43.2 Å². The Labute approximate surface area is 156 Å². The van der Waals surface area contributed by atoms with E-state index in [0.29, 0.717) is 5.69 Å². The number of imide groups is 1. The number of fused-ring (bicyclic) bond motifs is 1. The standard InChI is InChI=1S/C18H18N4O4S/c23-16-14-4-1-2-5-15(14)17(24)22(16)12-6-8-13(9-7-12)27(25,26)21-18-19-10-3-11-20-18/h3,6-11,14-15H,1-2,4-5H2,(H,19,20,21)/t14-,15+. The number of nitrogens with one attached hydrogen (secondary N) is 1. The fraction of sp³-hybridized carbons (Fsp3) is 0.333. The molecule has 2 heterocycles. The molecule has 1 aliphatic carbocycles. The minimum absolute atomic E-state index is 0.00443. The minimum Gasteiger partial charge on any atom is -0.274 e. The highest BCUT2D eigenvalue weighted by atomic mass is 32.2. The third-order valence-corrected chi connectivity index (χ3v) is 6.38. The fourth-order valence-corrected chi connectivity index (χ4v) is 4.68. The van der Waals surface area contributed by atoms with E-state index >= 15 is 0 Å². The number of rotatable bonds is 4. The highest BCUT2D eigenvalue weighted by Gasteiger charge is 2.48. The molecule has 1 aromatic carbocycles. The van der Waals surface area contributed by atoms with Gasteiger partial charge in [-0.2, -0.15) is 0 Å². The Hall–Kier alpha value is -2.81.